The zero-order valence-corrected chi connectivity index (χ0v) is 26.1. The van der Waals surface area contributed by atoms with Crippen molar-refractivity contribution < 1.29 is 33.0 Å². The molecule has 2 aromatic rings. The average molecular weight is 641 g/mol. The normalized spacial score (nSPS) is 19.6. The molecule has 1 N–H and O–H groups in total. The number of carbonyl (C=O) groups excluding carboxylic acids is 3. The molecule has 0 fully saturated rings. The number of amides is 1. The second-order valence-electron chi connectivity index (χ2n) is 12.7. The van der Waals surface area contributed by atoms with Gasteiger partial charge in [0.25, 0.3) is 5.91 Å². The molecule has 0 spiro atoms. The molecule has 5 rings (SSSR count). The molecule has 1 aliphatic heterocycles. The van der Waals surface area contributed by atoms with Gasteiger partial charge in [0.05, 0.1) is 11.1 Å². The van der Waals surface area contributed by atoms with E-state index in [1.807, 2.05) is 13.0 Å². The van der Waals surface area contributed by atoms with E-state index in [-0.39, 0.29) is 29.0 Å². The Labute approximate surface area is 253 Å². The van der Waals surface area contributed by atoms with Gasteiger partial charge in [-0.15, -0.1) is 0 Å². The highest BCUT2D eigenvalue weighted by Crippen LogP contribution is 2.54. The number of ketones is 2. The summed E-state index contributed by atoms with van der Waals surface area (Å²) in [6.45, 7) is 10.0. The summed E-state index contributed by atoms with van der Waals surface area (Å²) in [6, 6.07) is 9.04. The van der Waals surface area contributed by atoms with Crippen LogP contribution in [0.2, 0.25) is 0 Å². The monoisotopic (exact) mass is 639 g/mol. The van der Waals surface area contributed by atoms with Crippen LogP contribution in [0.15, 0.2) is 63.5 Å². The molecule has 3 aliphatic rings. The SMILES string of the molecule is CCOc1cc(C2C3=C(CC(C)(C)CC3=O)OC3=C2C(=O)CC(C)(C)C3)cc(Br)c1OCC(=O)Nc1ccc(F)cc1. The fourth-order valence-corrected chi connectivity index (χ4v) is 6.61. The largest absolute Gasteiger partial charge is 0.490 e. The Bertz CT molecular complexity index is 1470. The van der Waals surface area contributed by atoms with Crippen LogP contribution in [0, 0.1) is 16.6 Å². The van der Waals surface area contributed by atoms with E-state index in [1.54, 1.807) is 6.07 Å². The lowest BCUT2D eigenvalue weighted by atomic mass is 9.65. The predicted molar refractivity (Wildman–Crippen MR) is 160 cm³/mol. The van der Waals surface area contributed by atoms with Gasteiger partial charge in [0.15, 0.2) is 29.7 Å². The van der Waals surface area contributed by atoms with Crippen LogP contribution in [0.1, 0.15) is 71.8 Å². The molecule has 0 saturated heterocycles. The molecule has 0 aromatic heterocycles. The van der Waals surface area contributed by atoms with Crippen LogP contribution in [-0.4, -0.2) is 30.7 Å². The van der Waals surface area contributed by atoms with Gasteiger partial charge in [0, 0.05) is 48.4 Å². The third-order valence-corrected chi connectivity index (χ3v) is 8.31. The highest BCUT2D eigenvalue weighted by Gasteiger charge is 2.48. The van der Waals surface area contributed by atoms with Gasteiger partial charge in [-0.1, -0.05) is 27.7 Å². The molecule has 2 aromatic carbocycles. The van der Waals surface area contributed by atoms with Crippen LogP contribution in [0.5, 0.6) is 11.5 Å². The van der Waals surface area contributed by atoms with E-state index in [1.165, 1.54) is 24.3 Å². The van der Waals surface area contributed by atoms with Crippen molar-refractivity contribution in [1.29, 1.82) is 0 Å². The Balaban J connectivity index is 1.52. The van der Waals surface area contributed by atoms with Gasteiger partial charge in [0.2, 0.25) is 0 Å². The van der Waals surface area contributed by atoms with Gasteiger partial charge in [-0.2, -0.15) is 0 Å². The van der Waals surface area contributed by atoms with Crippen molar-refractivity contribution in [3.8, 4) is 11.5 Å². The van der Waals surface area contributed by atoms with Crippen molar-refractivity contribution in [2.75, 3.05) is 18.5 Å². The molecule has 0 unspecified atom stereocenters. The molecule has 1 amide bonds. The second-order valence-corrected chi connectivity index (χ2v) is 13.6. The molecular formula is C33H35BrFNO6. The number of ether oxygens (including phenoxy) is 3. The van der Waals surface area contributed by atoms with Gasteiger partial charge >= 0.3 is 0 Å². The lowest BCUT2D eigenvalue weighted by molar-refractivity contribution is -0.120. The molecule has 7 nitrogen and oxygen atoms in total. The lowest BCUT2D eigenvalue weighted by Gasteiger charge is -2.42. The van der Waals surface area contributed by atoms with E-state index in [0.29, 0.717) is 82.2 Å². The summed E-state index contributed by atoms with van der Waals surface area (Å²) < 4.78 is 32.0. The number of anilines is 1. The summed E-state index contributed by atoms with van der Waals surface area (Å²) in [5, 5.41) is 2.67. The van der Waals surface area contributed by atoms with E-state index in [4.69, 9.17) is 14.2 Å². The topological polar surface area (TPSA) is 90.9 Å². The molecule has 2 aliphatic carbocycles. The van der Waals surface area contributed by atoms with Crippen LogP contribution in [-0.2, 0) is 19.1 Å². The third kappa shape index (κ3) is 6.16. The first-order valence-electron chi connectivity index (χ1n) is 14.1. The highest BCUT2D eigenvalue weighted by atomic mass is 79.9. The fourth-order valence-electron chi connectivity index (χ4n) is 6.03. The standard InChI is InChI=1S/C33H35BrFNO6/c1-6-40-24-12-18(11-21(34)31(24)41-17-27(39)36-20-9-7-19(35)8-10-20)28-29-22(37)13-32(2,3)15-25(29)42-26-16-33(4,5)14-23(38)30(26)28/h7-12,28H,6,13-17H2,1-5H3,(H,36,39). The number of hydrogen-bond acceptors (Lipinski definition) is 6. The summed E-state index contributed by atoms with van der Waals surface area (Å²) in [7, 11) is 0. The molecule has 42 heavy (non-hydrogen) atoms. The number of nitrogens with one attached hydrogen (secondary N) is 1. The first kappa shape index (κ1) is 30.0. The fraction of sp³-hybridized carbons (Fsp3) is 0.424. The first-order chi connectivity index (χ1) is 19.8. The maximum absolute atomic E-state index is 13.6. The first-order valence-corrected chi connectivity index (χ1v) is 14.9. The minimum absolute atomic E-state index is 0.0256. The number of allylic oxidation sites excluding steroid dienone is 4. The quantitative estimate of drug-likeness (QED) is 0.339. The Morgan fingerprint density at radius 2 is 1.52 bits per heavy atom. The van der Waals surface area contributed by atoms with Crippen molar-refractivity contribution >= 4 is 39.1 Å². The van der Waals surface area contributed by atoms with Gasteiger partial charge in [-0.25, -0.2) is 4.39 Å². The zero-order chi connectivity index (χ0) is 30.4. The molecular weight excluding hydrogens is 605 g/mol. The van der Waals surface area contributed by atoms with Crippen LogP contribution in [0.3, 0.4) is 0 Å². The molecule has 222 valence electrons. The van der Waals surface area contributed by atoms with E-state index < -0.39 is 17.6 Å². The molecule has 0 atom stereocenters. The Kier molecular flexibility index (Phi) is 8.09. The van der Waals surface area contributed by atoms with E-state index in [2.05, 4.69) is 48.9 Å². The van der Waals surface area contributed by atoms with Crippen molar-refractivity contribution in [1.82, 2.24) is 0 Å². The van der Waals surface area contributed by atoms with E-state index in [0.717, 1.165) is 0 Å². The van der Waals surface area contributed by atoms with Crippen LogP contribution in [0.4, 0.5) is 10.1 Å². The van der Waals surface area contributed by atoms with Gasteiger partial charge in [-0.05, 0) is 75.6 Å². The van der Waals surface area contributed by atoms with Gasteiger partial charge in [0.1, 0.15) is 17.3 Å². The number of rotatable bonds is 7. The smallest absolute Gasteiger partial charge is 0.262 e. The van der Waals surface area contributed by atoms with Crippen molar-refractivity contribution in [3.63, 3.8) is 0 Å². The molecule has 1 heterocycles. The lowest BCUT2D eigenvalue weighted by Crippen LogP contribution is -2.37. The predicted octanol–water partition coefficient (Wildman–Crippen LogP) is 7.40. The summed E-state index contributed by atoms with van der Waals surface area (Å²) in [6.07, 6.45) is 1.91. The third-order valence-electron chi connectivity index (χ3n) is 7.72. The Hall–Kier alpha value is -3.46. The van der Waals surface area contributed by atoms with Crippen molar-refractivity contribution in [3.05, 3.63) is 74.9 Å². The maximum atomic E-state index is 13.6. The van der Waals surface area contributed by atoms with Gasteiger partial charge < -0.3 is 19.5 Å². The number of benzene rings is 2. The number of Topliss-reactive ketones (excluding diaryl/α,β-unsaturated/α-hetero) is 2. The zero-order valence-electron chi connectivity index (χ0n) is 24.5. The number of hydrogen-bond donors (Lipinski definition) is 1. The van der Waals surface area contributed by atoms with Crippen LogP contribution >= 0.6 is 15.9 Å². The molecule has 9 heteroatoms. The summed E-state index contributed by atoms with van der Waals surface area (Å²) >= 11 is 3.59. The van der Waals surface area contributed by atoms with Crippen LogP contribution < -0.4 is 14.8 Å². The Morgan fingerprint density at radius 3 is 2.07 bits per heavy atom. The van der Waals surface area contributed by atoms with Crippen molar-refractivity contribution in [2.24, 2.45) is 10.8 Å². The minimum Gasteiger partial charge on any atom is -0.490 e. The summed E-state index contributed by atoms with van der Waals surface area (Å²) in [5.74, 6) is 0.487. The van der Waals surface area contributed by atoms with E-state index >= 15 is 0 Å². The summed E-state index contributed by atoms with van der Waals surface area (Å²) in [5.41, 5.74) is 1.70. The number of carbonyl (C=O) groups is 3. The second kappa shape index (κ2) is 11.3. The number of halogens is 2. The van der Waals surface area contributed by atoms with E-state index in [9.17, 15) is 18.8 Å². The maximum Gasteiger partial charge on any atom is 0.262 e. The van der Waals surface area contributed by atoms with Crippen LogP contribution in [0.25, 0.3) is 0 Å². The molecule has 0 saturated carbocycles. The summed E-state index contributed by atoms with van der Waals surface area (Å²) in [4.78, 5) is 39.9. The van der Waals surface area contributed by atoms with Crippen molar-refractivity contribution in [2.45, 2.75) is 66.2 Å². The molecule has 0 bridgehead atoms. The Morgan fingerprint density at radius 1 is 0.952 bits per heavy atom. The average Bonchev–Trinajstić information content (AvgIpc) is 2.87. The minimum atomic E-state index is -0.595. The molecule has 0 radical (unpaired) electrons. The van der Waals surface area contributed by atoms with Gasteiger partial charge in [-0.3, -0.25) is 14.4 Å². The highest BCUT2D eigenvalue weighted by molar-refractivity contribution is 9.10.